The minimum atomic E-state index is 0.241. The maximum Gasteiger partial charge on any atom is 0.276 e. The van der Waals surface area contributed by atoms with Crippen LogP contribution in [0, 0.1) is 12.3 Å². The van der Waals surface area contributed by atoms with Gasteiger partial charge in [-0.3, -0.25) is 0 Å². The van der Waals surface area contributed by atoms with Gasteiger partial charge in [0.15, 0.2) is 0 Å². The van der Waals surface area contributed by atoms with E-state index in [2.05, 4.69) is 24.0 Å². The highest BCUT2D eigenvalue weighted by Gasteiger charge is 2.14. The van der Waals surface area contributed by atoms with Crippen molar-refractivity contribution < 1.29 is 4.42 Å². The number of thioether (sulfide) groups is 1. The number of hydrogen-bond donors (Lipinski definition) is 1. The molecule has 1 aromatic heterocycles. The second-order valence-corrected chi connectivity index (χ2v) is 5.45. The van der Waals surface area contributed by atoms with Crippen LogP contribution in [-0.4, -0.2) is 22.5 Å². The van der Waals surface area contributed by atoms with Crippen LogP contribution in [0.2, 0.25) is 0 Å². The Kier molecular flexibility index (Phi) is 4.60. The molecule has 1 heterocycles. The zero-order valence-electron chi connectivity index (χ0n) is 9.62. The first-order valence-corrected chi connectivity index (χ1v) is 6.15. The highest BCUT2D eigenvalue weighted by atomic mass is 32.2. The van der Waals surface area contributed by atoms with E-state index in [4.69, 9.17) is 10.2 Å². The van der Waals surface area contributed by atoms with E-state index in [9.17, 15) is 0 Å². The summed E-state index contributed by atoms with van der Waals surface area (Å²) in [5.74, 6) is 1.63. The van der Waals surface area contributed by atoms with Crippen LogP contribution < -0.4 is 5.73 Å². The first-order valence-electron chi connectivity index (χ1n) is 5.16. The summed E-state index contributed by atoms with van der Waals surface area (Å²) in [6, 6.07) is 0. The van der Waals surface area contributed by atoms with Gasteiger partial charge in [0, 0.05) is 12.7 Å². The zero-order valence-corrected chi connectivity index (χ0v) is 10.4. The standard InChI is InChI=1S/C10H19N3OS/c1-8-12-13-9(14-8)15-6-4-5-10(2,3)7-11/h4-7,11H2,1-3H3. The van der Waals surface area contributed by atoms with Gasteiger partial charge < -0.3 is 10.2 Å². The monoisotopic (exact) mass is 229 g/mol. The van der Waals surface area contributed by atoms with E-state index in [0.717, 1.165) is 25.1 Å². The maximum absolute atomic E-state index is 5.66. The predicted molar refractivity (Wildman–Crippen MR) is 61.8 cm³/mol. The van der Waals surface area contributed by atoms with Crippen molar-refractivity contribution in [2.24, 2.45) is 11.1 Å². The SMILES string of the molecule is Cc1nnc(SCCCC(C)(C)CN)o1. The largest absolute Gasteiger partial charge is 0.416 e. The highest BCUT2D eigenvalue weighted by Crippen LogP contribution is 2.24. The second-order valence-electron chi connectivity index (χ2n) is 4.41. The summed E-state index contributed by atoms with van der Waals surface area (Å²) in [6.45, 7) is 6.91. The van der Waals surface area contributed by atoms with Crippen LogP contribution in [0.15, 0.2) is 9.64 Å². The molecule has 86 valence electrons. The van der Waals surface area contributed by atoms with Crippen molar-refractivity contribution >= 4 is 11.8 Å². The molecular formula is C10H19N3OS. The number of aromatic nitrogens is 2. The van der Waals surface area contributed by atoms with Crippen LogP contribution in [0.3, 0.4) is 0 Å². The van der Waals surface area contributed by atoms with Crippen molar-refractivity contribution in [3.05, 3.63) is 5.89 Å². The number of aryl methyl sites for hydroxylation is 1. The molecule has 15 heavy (non-hydrogen) atoms. The molecule has 0 aliphatic rings. The number of rotatable bonds is 6. The van der Waals surface area contributed by atoms with E-state index < -0.39 is 0 Å². The number of nitrogens with two attached hydrogens (primary N) is 1. The van der Waals surface area contributed by atoms with Crippen LogP contribution in [0.4, 0.5) is 0 Å². The van der Waals surface area contributed by atoms with Crippen LogP contribution >= 0.6 is 11.8 Å². The summed E-state index contributed by atoms with van der Waals surface area (Å²) < 4.78 is 5.26. The van der Waals surface area contributed by atoms with Crippen molar-refractivity contribution in [1.29, 1.82) is 0 Å². The molecule has 0 spiro atoms. The molecule has 0 aliphatic carbocycles. The van der Waals surface area contributed by atoms with E-state index >= 15 is 0 Å². The molecule has 0 aromatic carbocycles. The molecular weight excluding hydrogens is 210 g/mol. The van der Waals surface area contributed by atoms with Gasteiger partial charge in [-0.05, 0) is 24.8 Å². The molecule has 0 atom stereocenters. The fourth-order valence-corrected chi connectivity index (χ4v) is 1.89. The van der Waals surface area contributed by atoms with Gasteiger partial charge in [-0.15, -0.1) is 10.2 Å². The smallest absolute Gasteiger partial charge is 0.276 e. The van der Waals surface area contributed by atoms with E-state index in [-0.39, 0.29) is 5.41 Å². The maximum atomic E-state index is 5.66. The van der Waals surface area contributed by atoms with E-state index in [1.807, 2.05) is 0 Å². The highest BCUT2D eigenvalue weighted by molar-refractivity contribution is 7.99. The molecule has 0 saturated heterocycles. The molecule has 1 rings (SSSR count). The van der Waals surface area contributed by atoms with Crippen LogP contribution in [-0.2, 0) is 0 Å². The Morgan fingerprint density at radius 2 is 2.13 bits per heavy atom. The average Bonchev–Trinajstić information content (AvgIpc) is 2.59. The Morgan fingerprint density at radius 1 is 1.40 bits per heavy atom. The average molecular weight is 229 g/mol. The third kappa shape index (κ3) is 4.66. The van der Waals surface area contributed by atoms with Gasteiger partial charge in [-0.25, -0.2) is 0 Å². The van der Waals surface area contributed by atoms with Gasteiger partial charge in [-0.1, -0.05) is 25.6 Å². The zero-order chi connectivity index (χ0) is 11.3. The van der Waals surface area contributed by atoms with Gasteiger partial charge in [0.25, 0.3) is 5.22 Å². The topological polar surface area (TPSA) is 64.9 Å². The Balaban J connectivity index is 2.17. The van der Waals surface area contributed by atoms with Gasteiger partial charge >= 0.3 is 0 Å². The predicted octanol–water partition coefficient (Wildman–Crippen LogP) is 2.24. The summed E-state index contributed by atoms with van der Waals surface area (Å²) in [7, 11) is 0. The Labute approximate surface area is 95.0 Å². The molecule has 5 heteroatoms. The lowest BCUT2D eigenvalue weighted by atomic mass is 9.88. The van der Waals surface area contributed by atoms with Crippen molar-refractivity contribution in [1.82, 2.24) is 10.2 Å². The molecule has 0 radical (unpaired) electrons. The van der Waals surface area contributed by atoms with Crippen molar-refractivity contribution in [3.8, 4) is 0 Å². The summed E-state index contributed by atoms with van der Waals surface area (Å²) in [4.78, 5) is 0. The third-order valence-corrected chi connectivity index (χ3v) is 3.19. The van der Waals surface area contributed by atoms with Crippen LogP contribution in [0.5, 0.6) is 0 Å². The number of hydrogen-bond acceptors (Lipinski definition) is 5. The minimum absolute atomic E-state index is 0.241. The summed E-state index contributed by atoms with van der Waals surface area (Å²) in [5, 5.41) is 8.36. The Hall–Kier alpha value is -0.550. The lowest BCUT2D eigenvalue weighted by Crippen LogP contribution is -2.23. The molecule has 0 fully saturated rings. The Bertz CT molecular complexity index is 299. The second kappa shape index (κ2) is 5.51. The molecule has 2 N–H and O–H groups in total. The van der Waals surface area contributed by atoms with Gasteiger partial charge in [0.1, 0.15) is 0 Å². The first kappa shape index (κ1) is 12.5. The van der Waals surface area contributed by atoms with Crippen LogP contribution in [0.1, 0.15) is 32.6 Å². The molecule has 1 aromatic rings. The Morgan fingerprint density at radius 3 is 2.67 bits per heavy atom. The lowest BCUT2D eigenvalue weighted by Gasteiger charge is -2.21. The summed E-state index contributed by atoms with van der Waals surface area (Å²) in [6.07, 6.45) is 2.25. The van der Waals surface area contributed by atoms with Crippen molar-refractivity contribution in [3.63, 3.8) is 0 Å². The molecule has 0 amide bonds. The van der Waals surface area contributed by atoms with E-state index in [0.29, 0.717) is 11.1 Å². The fraction of sp³-hybridized carbons (Fsp3) is 0.800. The summed E-state index contributed by atoms with van der Waals surface area (Å²) in [5.41, 5.74) is 5.90. The molecule has 0 saturated carbocycles. The van der Waals surface area contributed by atoms with Crippen LogP contribution in [0.25, 0.3) is 0 Å². The van der Waals surface area contributed by atoms with E-state index in [1.165, 1.54) is 0 Å². The lowest BCUT2D eigenvalue weighted by molar-refractivity contribution is 0.344. The van der Waals surface area contributed by atoms with Gasteiger partial charge in [0.2, 0.25) is 5.89 Å². The summed E-state index contributed by atoms with van der Waals surface area (Å²) >= 11 is 1.61. The third-order valence-electron chi connectivity index (χ3n) is 2.28. The molecule has 0 unspecified atom stereocenters. The minimum Gasteiger partial charge on any atom is -0.416 e. The molecule has 4 nitrogen and oxygen atoms in total. The number of nitrogens with zero attached hydrogens (tertiary/aromatic N) is 2. The van der Waals surface area contributed by atoms with E-state index in [1.54, 1.807) is 18.7 Å². The quantitative estimate of drug-likeness (QED) is 0.598. The van der Waals surface area contributed by atoms with Gasteiger partial charge in [-0.2, -0.15) is 0 Å². The first-order chi connectivity index (χ1) is 7.03. The molecule has 0 aliphatic heterocycles. The van der Waals surface area contributed by atoms with Gasteiger partial charge in [0.05, 0.1) is 0 Å². The van der Waals surface area contributed by atoms with Crippen molar-refractivity contribution in [2.45, 2.75) is 38.8 Å². The fourth-order valence-electron chi connectivity index (χ4n) is 1.15. The normalized spacial score (nSPS) is 12.0. The molecule has 0 bridgehead atoms. The van der Waals surface area contributed by atoms with Crippen molar-refractivity contribution in [2.75, 3.05) is 12.3 Å².